The zero-order valence-corrected chi connectivity index (χ0v) is 22.8. The lowest BCUT2D eigenvalue weighted by atomic mass is 10.1. The van der Waals surface area contributed by atoms with E-state index in [0.717, 1.165) is 22.2 Å². The van der Waals surface area contributed by atoms with Crippen LogP contribution in [0.5, 0.6) is 0 Å². The number of aromatic nitrogens is 4. The van der Waals surface area contributed by atoms with E-state index in [1.54, 1.807) is 30.5 Å². The van der Waals surface area contributed by atoms with E-state index in [2.05, 4.69) is 20.6 Å². The maximum absolute atomic E-state index is 13.5. The van der Waals surface area contributed by atoms with Crippen molar-refractivity contribution in [3.8, 4) is 11.1 Å². The molecule has 0 unspecified atom stereocenters. The molecule has 10 nitrogen and oxygen atoms in total. The first kappa shape index (κ1) is 26.2. The fourth-order valence-electron chi connectivity index (χ4n) is 4.42. The number of carbonyl (C=O) groups is 1. The third-order valence-corrected chi connectivity index (χ3v) is 6.76. The van der Waals surface area contributed by atoms with Crippen molar-refractivity contribution in [2.45, 2.75) is 0 Å². The first-order valence-electron chi connectivity index (χ1n) is 12.3. The van der Waals surface area contributed by atoms with E-state index in [-0.39, 0.29) is 11.5 Å². The summed E-state index contributed by atoms with van der Waals surface area (Å²) in [5.41, 5.74) is 2.56. The Hall–Kier alpha value is -4.41. The van der Waals surface area contributed by atoms with Crippen molar-refractivity contribution in [1.29, 1.82) is 0 Å². The molecule has 0 saturated carbocycles. The van der Waals surface area contributed by atoms with Crippen LogP contribution in [0.15, 0.2) is 65.6 Å². The average Bonchev–Trinajstić information content (AvgIpc) is 3.26. The van der Waals surface area contributed by atoms with Gasteiger partial charge in [-0.3, -0.25) is 9.59 Å². The topological polar surface area (TPSA) is 106 Å². The summed E-state index contributed by atoms with van der Waals surface area (Å²) in [6, 6.07) is 16.3. The van der Waals surface area contributed by atoms with Crippen LogP contribution in [0.1, 0.15) is 10.5 Å². The van der Waals surface area contributed by atoms with E-state index >= 15 is 0 Å². The van der Waals surface area contributed by atoms with E-state index < -0.39 is 5.56 Å². The van der Waals surface area contributed by atoms with Crippen LogP contribution in [-0.4, -0.2) is 64.4 Å². The summed E-state index contributed by atoms with van der Waals surface area (Å²) in [7, 11) is 7.19. The normalized spacial score (nSPS) is 11.3. The third kappa shape index (κ3) is 5.16. The largest absolute Gasteiger partial charge is 0.412 e. The van der Waals surface area contributed by atoms with E-state index in [1.807, 2.05) is 60.9 Å². The number of amides is 1. The summed E-state index contributed by atoms with van der Waals surface area (Å²) < 4.78 is 2.95. The van der Waals surface area contributed by atoms with Crippen LogP contribution in [0, 0.1) is 0 Å². The monoisotopic (exact) mass is 545 g/mol. The first-order chi connectivity index (χ1) is 18.8. The average molecular weight is 546 g/mol. The number of nitrogens with zero attached hydrogens (tertiary/aromatic N) is 5. The minimum atomic E-state index is -0.443. The van der Waals surface area contributed by atoms with Crippen LogP contribution in [0.3, 0.4) is 0 Å². The van der Waals surface area contributed by atoms with E-state index in [9.17, 15) is 9.59 Å². The maximum atomic E-state index is 13.5. The van der Waals surface area contributed by atoms with Crippen LogP contribution < -0.4 is 21.0 Å². The highest BCUT2D eigenvalue weighted by atomic mass is 35.5. The molecule has 5 aromatic rings. The van der Waals surface area contributed by atoms with Crippen LogP contribution in [0.25, 0.3) is 33.1 Å². The number of pyridine rings is 1. The van der Waals surface area contributed by atoms with Crippen LogP contribution >= 0.6 is 11.6 Å². The number of halogens is 1. The van der Waals surface area contributed by atoms with Gasteiger partial charge in [-0.25, -0.2) is 4.98 Å². The molecule has 0 fully saturated rings. The highest BCUT2D eigenvalue weighted by molar-refractivity contribution is 6.33. The third-order valence-electron chi connectivity index (χ3n) is 6.43. The molecule has 0 aliphatic carbocycles. The molecule has 0 aliphatic rings. The molecule has 2 aromatic carbocycles. The van der Waals surface area contributed by atoms with Crippen molar-refractivity contribution in [3.05, 3.63) is 81.9 Å². The minimum Gasteiger partial charge on any atom is -0.412 e. The number of para-hydroxylation sites is 1. The molecule has 1 amide bonds. The van der Waals surface area contributed by atoms with Gasteiger partial charge in [0.2, 0.25) is 5.95 Å². The van der Waals surface area contributed by atoms with Crippen LogP contribution in [0.2, 0.25) is 5.02 Å². The SMILES string of the molecule is COn1c(=O)c(-c2cc(NC(=O)c3cc4ccccc4n3C)ccc2Cl)cc2cnc(NCCN(C)C)nc21. The van der Waals surface area contributed by atoms with Gasteiger partial charge in [-0.1, -0.05) is 29.8 Å². The number of anilines is 2. The summed E-state index contributed by atoms with van der Waals surface area (Å²) >= 11 is 6.54. The molecule has 11 heteroatoms. The molecule has 0 spiro atoms. The van der Waals surface area contributed by atoms with Gasteiger partial charge in [-0.2, -0.15) is 4.98 Å². The van der Waals surface area contributed by atoms with Gasteiger partial charge in [0.05, 0.1) is 5.56 Å². The molecule has 0 aliphatic heterocycles. The number of hydrogen-bond donors (Lipinski definition) is 2. The quantitative estimate of drug-likeness (QED) is 0.305. The number of fused-ring (bicyclic) bond motifs is 2. The Balaban J connectivity index is 1.49. The number of rotatable bonds is 8. The standard InChI is InChI=1S/C28H28ClN7O3/c1-34(2)12-11-30-28-31-16-18-13-21(27(38)36(39-4)25(18)33-28)20-15-19(9-10-22(20)29)32-26(37)24-14-17-7-5-6-8-23(17)35(24)3/h5-10,13-16H,11-12H2,1-4H3,(H,32,37)(H,30,31,33). The minimum absolute atomic E-state index is 0.280. The molecule has 39 heavy (non-hydrogen) atoms. The number of aryl methyl sites for hydroxylation is 1. The molecule has 2 N–H and O–H groups in total. The van der Waals surface area contributed by atoms with Crippen molar-refractivity contribution in [1.82, 2.24) is 24.2 Å². The molecule has 3 aromatic heterocycles. The second kappa shape index (κ2) is 10.8. The first-order valence-corrected chi connectivity index (χ1v) is 12.7. The Bertz CT molecular complexity index is 1760. The number of hydrogen-bond acceptors (Lipinski definition) is 7. The van der Waals surface area contributed by atoms with Gasteiger partial charge in [0, 0.05) is 58.9 Å². The Morgan fingerprint density at radius 2 is 1.87 bits per heavy atom. The van der Waals surface area contributed by atoms with Gasteiger partial charge < -0.3 is 24.9 Å². The predicted octanol–water partition coefficient (Wildman–Crippen LogP) is 3.89. The van der Waals surface area contributed by atoms with Gasteiger partial charge in [0.25, 0.3) is 11.5 Å². The molecule has 0 radical (unpaired) electrons. The predicted molar refractivity (Wildman–Crippen MR) is 155 cm³/mol. The Labute approximate surface area is 229 Å². The van der Waals surface area contributed by atoms with Crippen LogP contribution in [-0.2, 0) is 7.05 Å². The Morgan fingerprint density at radius 3 is 2.62 bits per heavy atom. The number of nitrogens with one attached hydrogen (secondary N) is 2. The highest BCUT2D eigenvalue weighted by Gasteiger charge is 2.18. The number of benzene rings is 2. The zero-order valence-electron chi connectivity index (χ0n) is 22.0. The van der Waals surface area contributed by atoms with E-state index in [4.69, 9.17) is 16.4 Å². The van der Waals surface area contributed by atoms with Crippen molar-refractivity contribution in [2.75, 3.05) is 44.9 Å². The Kier molecular flexibility index (Phi) is 7.23. The van der Waals surface area contributed by atoms with Gasteiger partial charge in [0.15, 0.2) is 5.65 Å². The lowest BCUT2D eigenvalue weighted by molar-refractivity contribution is 0.101. The molecular weight excluding hydrogens is 518 g/mol. The molecule has 200 valence electrons. The van der Waals surface area contributed by atoms with E-state index in [1.165, 1.54) is 7.11 Å². The highest BCUT2D eigenvalue weighted by Crippen LogP contribution is 2.31. The van der Waals surface area contributed by atoms with Crippen LogP contribution in [0.4, 0.5) is 11.6 Å². The molecular formula is C28H28ClN7O3. The van der Waals surface area contributed by atoms with Gasteiger partial charge in [-0.05, 0) is 50.5 Å². The number of likely N-dealkylation sites (N-methyl/N-ethyl adjacent to an activating group) is 1. The fraction of sp³-hybridized carbons (Fsp3) is 0.214. The number of carbonyl (C=O) groups excluding carboxylic acids is 1. The lowest BCUT2D eigenvalue weighted by Crippen LogP contribution is -2.28. The summed E-state index contributed by atoms with van der Waals surface area (Å²) in [6.07, 6.45) is 1.62. The van der Waals surface area contributed by atoms with Crippen molar-refractivity contribution < 1.29 is 9.63 Å². The van der Waals surface area contributed by atoms with Gasteiger partial charge in [-0.15, -0.1) is 4.73 Å². The molecule has 0 saturated heterocycles. The summed E-state index contributed by atoms with van der Waals surface area (Å²) in [4.78, 5) is 42.9. The smallest absolute Gasteiger partial charge is 0.293 e. The summed E-state index contributed by atoms with van der Waals surface area (Å²) in [6.45, 7) is 1.43. The second-order valence-electron chi connectivity index (χ2n) is 9.34. The van der Waals surface area contributed by atoms with Crippen molar-refractivity contribution in [3.63, 3.8) is 0 Å². The summed E-state index contributed by atoms with van der Waals surface area (Å²) in [5.74, 6) is 0.107. The van der Waals surface area contributed by atoms with Crippen molar-refractivity contribution >= 4 is 51.1 Å². The summed E-state index contributed by atoms with van der Waals surface area (Å²) in [5, 5.41) is 7.97. The zero-order chi connectivity index (χ0) is 27.7. The Morgan fingerprint density at radius 1 is 1.08 bits per heavy atom. The van der Waals surface area contributed by atoms with Gasteiger partial charge in [0.1, 0.15) is 12.8 Å². The maximum Gasteiger partial charge on any atom is 0.293 e. The molecule has 5 rings (SSSR count). The van der Waals surface area contributed by atoms with Gasteiger partial charge >= 0.3 is 0 Å². The molecule has 0 atom stereocenters. The van der Waals surface area contributed by atoms with E-state index in [0.29, 0.717) is 45.5 Å². The lowest BCUT2D eigenvalue weighted by Gasteiger charge is -2.14. The molecule has 3 heterocycles. The fourth-order valence-corrected chi connectivity index (χ4v) is 4.64. The second-order valence-corrected chi connectivity index (χ2v) is 9.75. The van der Waals surface area contributed by atoms with Crippen molar-refractivity contribution in [2.24, 2.45) is 7.05 Å². The molecule has 0 bridgehead atoms.